The second-order valence-corrected chi connectivity index (χ2v) is 11.1. The zero-order valence-electron chi connectivity index (χ0n) is 22.6. The van der Waals surface area contributed by atoms with Crippen LogP contribution < -0.4 is 4.74 Å². The highest BCUT2D eigenvalue weighted by Gasteiger charge is 2.33. The summed E-state index contributed by atoms with van der Waals surface area (Å²) in [4.78, 5) is 30.2. The standard InChI is InChI=1S/C31H32ClN3O4/c1-21-10-8-9-13-26(21)38-29-27(28(36)33-16-18-34(19-17-33)30(37)39-31(2,3)4)24-15-14-22(32)20-25(24)35(29)23-11-6-5-7-12-23/h5-15,20H,16-19H2,1-4H3. The Balaban J connectivity index is 1.57. The molecule has 202 valence electrons. The van der Waals surface area contributed by atoms with Crippen molar-refractivity contribution in [3.63, 3.8) is 0 Å². The average molecular weight is 546 g/mol. The lowest BCUT2D eigenvalue weighted by atomic mass is 10.1. The monoisotopic (exact) mass is 545 g/mol. The molecule has 2 amide bonds. The summed E-state index contributed by atoms with van der Waals surface area (Å²) >= 11 is 6.45. The van der Waals surface area contributed by atoms with Crippen LogP contribution >= 0.6 is 11.6 Å². The predicted molar refractivity (Wildman–Crippen MR) is 153 cm³/mol. The second-order valence-electron chi connectivity index (χ2n) is 10.6. The number of amides is 2. The van der Waals surface area contributed by atoms with Gasteiger partial charge in [0, 0.05) is 42.3 Å². The Morgan fingerprint density at radius 3 is 2.15 bits per heavy atom. The number of ether oxygens (including phenoxy) is 2. The van der Waals surface area contributed by atoms with Crippen LogP contribution in [-0.2, 0) is 4.74 Å². The molecule has 0 bridgehead atoms. The molecule has 0 saturated carbocycles. The van der Waals surface area contributed by atoms with E-state index < -0.39 is 5.60 Å². The molecule has 0 spiro atoms. The maximum absolute atomic E-state index is 14.2. The van der Waals surface area contributed by atoms with E-state index in [0.717, 1.165) is 22.2 Å². The summed E-state index contributed by atoms with van der Waals surface area (Å²) in [5, 5.41) is 1.30. The van der Waals surface area contributed by atoms with Gasteiger partial charge in [0.05, 0.1) is 5.52 Å². The topological polar surface area (TPSA) is 64.0 Å². The molecule has 8 heteroatoms. The molecule has 3 aromatic carbocycles. The molecule has 0 unspecified atom stereocenters. The van der Waals surface area contributed by atoms with E-state index in [1.54, 1.807) is 15.9 Å². The van der Waals surface area contributed by atoms with E-state index in [0.29, 0.717) is 48.4 Å². The van der Waals surface area contributed by atoms with E-state index in [9.17, 15) is 9.59 Å². The number of hydrogen-bond acceptors (Lipinski definition) is 4. The van der Waals surface area contributed by atoms with Gasteiger partial charge in [-0.15, -0.1) is 0 Å². The minimum Gasteiger partial charge on any atom is -0.444 e. The number of rotatable bonds is 4. The lowest BCUT2D eigenvalue weighted by Crippen LogP contribution is -2.51. The SMILES string of the molecule is Cc1ccccc1Oc1c(C(=O)N2CCN(C(=O)OC(C)(C)C)CC2)c2ccc(Cl)cc2n1-c1ccccc1. The Morgan fingerprint density at radius 2 is 1.49 bits per heavy atom. The lowest BCUT2D eigenvalue weighted by molar-refractivity contribution is 0.0140. The molecule has 1 aliphatic rings. The van der Waals surface area contributed by atoms with Gasteiger partial charge in [-0.2, -0.15) is 0 Å². The average Bonchev–Trinajstić information content (AvgIpc) is 3.21. The van der Waals surface area contributed by atoms with Gasteiger partial charge in [0.1, 0.15) is 16.9 Å². The van der Waals surface area contributed by atoms with Crippen LogP contribution in [0.5, 0.6) is 11.6 Å². The number of halogens is 1. The molecule has 0 aliphatic carbocycles. The minimum atomic E-state index is -0.577. The van der Waals surface area contributed by atoms with Crippen LogP contribution in [0.3, 0.4) is 0 Å². The van der Waals surface area contributed by atoms with Crippen molar-refractivity contribution in [2.24, 2.45) is 0 Å². The molecule has 1 aromatic heterocycles. The van der Waals surface area contributed by atoms with Gasteiger partial charge in [-0.3, -0.25) is 9.36 Å². The number of carbonyl (C=O) groups excluding carboxylic acids is 2. The van der Waals surface area contributed by atoms with Crippen LogP contribution in [0, 0.1) is 6.92 Å². The first-order valence-corrected chi connectivity index (χ1v) is 13.4. The predicted octanol–water partition coefficient (Wildman–Crippen LogP) is 7.08. The third kappa shape index (κ3) is 5.59. The zero-order valence-corrected chi connectivity index (χ0v) is 23.4. The minimum absolute atomic E-state index is 0.163. The quantitative estimate of drug-likeness (QED) is 0.275. The number of carbonyl (C=O) groups is 2. The largest absolute Gasteiger partial charge is 0.444 e. The van der Waals surface area contributed by atoms with E-state index in [4.69, 9.17) is 21.1 Å². The summed E-state index contributed by atoms with van der Waals surface area (Å²) in [5.41, 5.74) is 2.45. The normalized spacial score (nSPS) is 14.0. The van der Waals surface area contributed by atoms with Crippen LogP contribution in [0.25, 0.3) is 16.6 Å². The van der Waals surface area contributed by atoms with Crippen molar-refractivity contribution in [2.75, 3.05) is 26.2 Å². The highest BCUT2D eigenvalue weighted by atomic mass is 35.5. The summed E-state index contributed by atoms with van der Waals surface area (Å²) in [6.07, 6.45) is -0.367. The molecule has 1 saturated heterocycles. The van der Waals surface area contributed by atoms with E-state index in [-0.39, 0.29) is 12.0 Å². The first-order chi connectivity index (χ1) is 18.6. The van der Waals surface area contributed by atoms with Crippen LogP contribution in [0.2, 0.25) is 5.02 Å². The number of aryl methyl sites for hydroxylation is 1. The molecule has 7 nitrogen and oxygen atoms in total. The van der Waals surface area contributed by atoms with Crippen molar-refractivity contribution >= 4 is 34.5 Å². The van der Waals surface area contributed by atoms with Gasteiger partial charge in [0.2, 0.25) is 5.88 Å². The van der Waals surface area contributed by atoms with Gasteiger partial charge in [-0.1, -0.05) is 54.1 Å². The fraction of sp³-hybridized carbons (Fsp3) is 0.290. The van der Waals surface area contributed by atoms with E-state index in [2.05, 4.69) is 0 Å². The van der Waals surface area contributed by atoms with Crippen LogP contribution in [-0.4, -0.2) is 58.1 Å². The van der Waals surface area contributed by atoms with E-state index in [1.807, 2.05) is 99.0 Å². The fourth-order valence-electron chi connectivity index (χ4n) is 4.73. The number of benzene rings is 3. The number of para-hydroxylation sites is 2. The number of hydrogen-bond donors (Lipinski definition) is 0. The zero-order chi connectivity index (χ0) is 27.7. The molecule has 0 atom stereocenters. The summed E-state index contributed by atoms with van der Waals surface area (Å²) in [6, 6.07) is 23.0. The molecule has 1 fully saturated rings. The number of aromatic nitrogens is 1. The third-order valence-corrected chi connectivity index (χ3v) is 6.87. The number of piperazine rings is 1. The highest BCUT2D eigenvalue weighted by Crippen LogP contribution is 2.40. The Kier molecular flexibility index (Phi) is 7.28. The molecule has 0 N–H and O–H groups in total. The van der Waals surface area contributed by atoms with Gasteiger partial charge in [-0.25, -0.2) is 4.79 Å². The highest BCUT2D eigenvalue weighted by molar-refractivity contribution is 6.31. The third-order valence-electron chi connectivity index (χ3n) is 6.63. The van der Waals surface area contributed by atoms with Crippen molar-refractivity contribution in [3.8, 4) is 17.3 Å². The maximum Gasteiger partial charge on any atom is 0.410 e. The summed E-state index contributed by atoms with van der Waals surface area (Å²) < 4.78 is 14.0. The molecule has 1 aliphatic heterocycles. The van der Waals surface area contributed by atoms with Crippen LogP contribution in [0.4, 0.5) is 4.79 Å². The molecule has 2 heterocycles. The van der Waals surface area contributed by atoms with Crippen molar-refractivity contribution in [1.29, 1.82) is 0 Å². The summed E-state index contributed by atoms with van der Waals surface area (Å²) in [6.45, 7) is 9.04. The van der Waals surface area contributed by atoms with Crippen molar-refractivity contribution < 1.29 is 19.1 Å². The molecule has 39 heavy (non-hydrogen) atoms. The molecule has 0 radical (unpaired) electrons. The second kappa shape index (κ2) is 10.7. The Morgan fingerprint density at radius 1 is 0.846 bits per heavy atom. The van der Waals surface area contributed by atoms with E-state index >= 15 is 0 Å². The van der Waals surface area contributed by atoms with Gasteiger partial charge in [0.15, 0.2) is 0 Å². The first-order valence-electron chi connectivity index (χ1n) is 13.0. The van der Waals surface area contributed by atoms with Crippen molar-refractivity contribution in [3.05, 3.63) is 88.9 Å². The fourth-order valence-corrected chi connectivity index (χ4v) is 4.89. The van der Waals surface area contributed by atoms with Crippen LogP contribution in [0.1, 0.15) is 36.7 Å². The van der Waals surface area contributed by atoms with E-state index in [1.165, 1.54) is 0 Å². The smallest absolute Gasteiger partial charge is 0.410 e. The molecular formula is C31H32ClN3O4. The molecule has 4 aromatic rings. The van der Waals surface area contributed by atoms with Gasteiger partial charge in [0.25, 0.3) is 5.91 Å². The Hall–Kier alpha value is -3.97. The first kappa shape index (κ1) is 26.6. The molecule has 5 rings (SSSR count). The summed E-state index contributed by atoms with van der Waals surface area (Å²) in [5.74, 6) is 0.921. The summed E-state index contributed by atoms with van der Waals surface area (Å²) in [7, 11) is 0. The Labute approximate surface area is 233 Å². The van der Waals surface area contributed by atoms with Crippen LogP contribution in [0.15, 0.2) is 72.8 Å². The molecular weight excluding hydrogens is 514 g/mol. The van der Waals surface area contributed by atoms with Crippen molar-refractivity contribution in [2.45, 2.75) is 33.3 Å². The van der Waals surface area contributed by atoms with Gasteiger partial charge < -0.3 is 19.3 Å². The van der Waals surface area contributed by atoms with Crippen molar-refractivity contribution in [1.82, 2.24) is 14.4 Å². The lowest BCUT2D eigenvalue weighted by Gasteiger charge is -2.35. The number of fused-ring (bicyclic) bond motifs is 1. The number of nitrogens with zero attached hydrogens (tertiary/aromatic N) is 3. The Bertz CT molecular complexity index is 1520. The van der Waals surface area contributed by atoms with Gasteiger partial charge >= 0.3 is 6.09 Å². The maximum atomic E-state index is 14.2. The van der Waals surface area contributed by atoms with Gasteiger partial charge in [-0.05, 0) is 63.6 Å².